The molecule has 0 saturated heterocycles. The van der Waals surface area contributed by atoms with Crippen molar-refractivity contribution >= 4 is 15.7 Å². The van der Waals surface area contributed by atoms with Crippen molar-refractivity contribution in [1.29, 1.82) is 0 Å². The molecule has 1 N–H and O–H groups in total. The Morgan fingerprint density at radius 2 is 2.11 bits per heavy atom. The predicted octanol–water partition coefficient (Wildman–Crippen LogP) is 1.67. The van der Waals surface area contributed by atoms with Crippen molar-refractivity contribution < 1.29 is 12.8 Å². The normalized spacial score (nSPS) is 11.5. The lowest BCUT2D eigenvalue weighted by Gasteiger charge is -2.08. The molecule has 18 heavy (non-hydrogen) atoms. The van der Waals surface area contributed by atoms with Crippen LogP contribution >= 0.6 is 0 Å². The number of halogens is 1. The first-order valence-electron chi connectivity index (χ1n) is 5.15. The van der Waals surface area contributed by atoms with Crippen LogP contribution in [0.3, 0.4) is 0 Å². The molecule has 5 nitrogen and oxygen atoms in total. The molecule has 2 rings (SSSR count). The van der Waals surface area contributed by atoms with E-state index in [0.717, 1.165) is 0 Å². The van der Waals surface area contributed by atoms with Gasteiger partial charge in [0, 0.05) is 13.2 Å². The average Bonchev–Trinajstić information content (AvgIpc) is 2.70. The Kier molecular flexibility index (Phi) is 3.08. The summed E-state index contributed by atoms with van der Waals surface area (Å²) in [6, 6.07) is 3.84. The lowest BCUT2D eigenvalue weighted by atomic mass is 10.2. The Morgan fingerprint density at radius 1 is 1.39 bits per heavy atom. The van der Waals surface area contributed by atoms with Crippen LogP contribution in [0, 0.1) is 12.7 Å². The van der Waals surface area contributed by atoms with Gasteiger partial charge in [0.15, 0.2) is 5.03 Å². The first kappa shape index (κ1) is 12.6. The van der Waals surface area contributed by atoms with Gasteiger partial charge in [0.1, 0.15) is 5.82 Å². The van der Waals surface area contributed by atoms with E-state index in [0.29, 0.717) is 11.3 Å². The highest BCUT2D eigenvalue weighted by Crippen LogP contribution is 2.19. The number of aryl methyl sites for hydroxylation is 2. The highest BCUT2D eigenvalue weighted by molar-refractivity contribution is 7.92. The molecule has 0 aliphatic heterocycles. The first-order chi connectivity index (χ1) is 8.38. The second-order valence-electron chi connectivity index (χ2n) is 3.94. The van der Waals surface area contributed by atoms with Crippen LogP contribution in [0.25, 0.3) is 0 Å². The molecular weight excluding hydrogens is 257 g/mol. The molecule has 0 aliphatic carbocycles. The van der Waals surface area contributed by atoms with Crippen LogP contribution in [-0.4, -0.2) is 18.0 Å². The monoisotopic (exact) mass is 269 g/mol. The summed E-state index contributed by atoms with van der Waals surface area (Å²) in [4.78, 5) is 3.77. The van der Waals surface area contributed by atoms with E-state index < -0.39 is 15.8 Å². The summed E-state index contributed by atoms with van der Waals surface area (Å²) in [6.45, 7) is 1.62. The molecule has 0 saturated carbocycles. The third-order valence-electron chi connectivity index (χ3n) is 2.39. The minimum Gasteiger partial charge on any atom is -0.339 e. The maximum Gasteiger partial charge on any atom is 0.280 e. The molecule has 2 aromatic rings. The van der Waals surface area contributed by atoms with E-state index >= 15 is 0 Å². The quantitative estimate of drug-likeness (QED) is 0.921. The highest BCUT2D eigenvalue weighted by Gasteiger charge is 2.17. The molecule has 1 aromatic carbocycles. The summed E-state index contributed by atoms with van der Waals surface area (Å²) >= 11 is 0. The minimum atomic E-state index is -3.73. The highest BCUT2D eigenvalue weighted by atomic mass is 32.2. The number of benzene rings is 1. The first-order valence-corrected chi connectivity index (χ1v) is 6.64. The van der Waals surface area contributed by atoms with Crippen molar-refractivity contribution in [2.75, 3.05) is 4.72 Å². The van der Waals surface area contributed by atoms with Gasteiger partial charge in [-0.1, -0.05) is 0 Å². The fourth-order valence-electron chi connectivity index (χ4n) is 1.47. The summed E-state index contributed by atoms with van der Waals surface area (Å²) in [7, 11) is -2.06. The third kappa shape index (κ3) is 2.51. The number of rotatable bonds is 3. The van der Waals surface area contributed by atoms with Crippen LogP contribution in [0.5, 0.6) is 0 Å². The van der Waals surface area contributed by atoms with Gasteiger partial charge in [0.2, 0.25) is 0 Å². The van der Waals surface area contributed by atoms with Crippen molar-refractivity contribution in [3.63, 3.8) is 0 Å². The van der Waals surface area contributed by atoms with Gasteiger partial charge in [-0.3, -0.25) is 4.72 Å². The van der Waals surface area contributed by atoms with Crippen LogP contribution in [0.15, 0.2) is 35.7 Å². The average molecular weight is 269 g/mol. The Morgan fingerprint density at radius 3 is 2.67 bits per heavy atom. The predicted molar refractivity (Wildman–Crippen MR) is 65.2 cm³/mol. The van der Waals surface area contributed by atoms with E-state index in [9.17, 15) is 12.8 Å². The number of nitrogens with zero attached hydrogens (tertiary/aromatic N) is 2. The molecule has 0 spiro atoms. The van der Waals surface area contributed by atoms with Crippen molar-refractivity contribution in [3.8, 4) is 0 Å². The van der Waals surface area contributed by atoms with Crippen molar-refractivity contribution in [3.05, 3.63) is 42.1 Å². The number of hydrogen-bond acceptors (Lipinski definition) is 3. The molecular formula is C11H12FN3O2S. The minimum absolute atomic E-state index is 0.0753. The number of aromatic nitrogens is 2. The van der Waals surface area contributed by atoms with Crippen LogP contribution in [-0.2, 0) is 17.1 Å². The largest absolute Gasteiger partial charge is 0.339 e. The van der Waals surface area contributed by atoms with Crippen molar-refractivity contribution in [2.45, 2.75) is 11.9 Å². The summed E-state index contributed by atoms with van der Waals surface area (Å²) in [5.41, 5.74) is 0.844. The van der Waals surface area contributed by atoms with E-state index in [1.54, 1.807) is 14.0 Å². The molecule has 1 heterocycles. The zero-order chi connectivity index (χ0) is 13.3. The lowest BCUT2D eigenvalue weighted by molar-refractivity contribution is 0.597. The Balaban J connectivity index is 2.33. The fourth-order valence-corrected chi connectivity index (χ4v) is 2.58. The van der Waals surface area contributed by atoms with Crippen molar-refractivity contribution in [2.24, 2.45) is 7.05 Å². The lowest BCUT2D eigenvalue weighted by Crippen LogP contribution is -2.14. The van der Waals surface area contributed by atoms with Gasteiger partial charge in [0.25, 0.3) is 10.0 Å². The number of anilines is 1. The zero-order valence-electron chi connectivity index (χ0n) is 9.88. The van der Waals surface area contributed by atoms with Crippen LogP contribution in [0.1, 0.15) is 5.56 Å². The Bertz CT molecular complexity index is 679. The fraction of sp³-hybridized carbons (Fsp3) is 0.182. The van der Waals surface area contributed by atoms with Gasteiger partial charge in [0.05, 0.1) is 12.0 Å². The summed E-state index contributed by atoms with van der Waals surface area (Å²) in [5.74, 6) is -0.409. The van der Waals surface area contributed by atoms with Gasteiger partial charge in [-0.15, -0.1) is 0 Å². The van der Waals surface area contributed by atoms with Gasteiger partial charge in [-0.2, -0.15) is 8.42 Å². The number of hydrogen-bond donors (Lipinski definition) is 1. The SMILES string of the molecule is Cc1cc(F)ccc1NS(=O)(=O)c1cn(C)cn1. The van der Waals surface area contributed by atoms with Crippen LogP contribution in [0.2, 0.25) is 0 Å². The standard InChI is InChI=1S/C11H12FN3O2S/c1-8-5-9(12)3-4-10(8)14-18(16,17)11-6-15(2)7-13-11/h3-7,14H,1-2H3. The van der Waals surface area contributed by atoms with Gasteiger partial charge >= 0.3 is 0 Å². The van der Waals surface area contributed by atoms with Crippen LogP contribution in [0.4, 0.5) is 10.1 Å². The second-order valence-corrected chi connectivity index (χ2v) is 5.57. The van der Waals surface area contributed by atoms with Crippen molar-refractivity contribution in [1.82, 2.24) is 9.55 Å². The van der Waals surface area contributed by atoms with Crippen LogP contribution < -0.4 is 4.72 Å². The van der Waals surface area contributed by atoms with E-state index in [2.05, 4.69) is 9.71 Å². The molecule has 7 heteroatoms. The molecule has 0 aliphatic rings. The van der Waals surface area contributed by atoms with E-state index in [1.807, 2.05) is 0 Å². The van der Waals surface area contributed by atoms with Gasteiger partial charge in [-0.25, -0.2) is 9.37 Å². The van der Waals surface area contributed by atoms with Gasteiger partial charge < -0.3 is 4.57 Å². The Labute approximate surface area is 104 Å². The Hall–Kier alpha value is -1.89. The molecule has 0 fully saturated rings. The molecule has 0 unspecified atom stereocenters. The molecule has 0 radical (unpaired) electrons. The summed E-state index contributed by atoms with van der Waals surface area (Å²) < 4.78 is 40.8. The number of imidazole rings is 1. The van der Waals surface area contributed by atoms with E-state index in [-0.39, 0.29) is 5.03 Å². The van der Waals surface area contributed by atoms with E-state index in [1.165, 1.54) is 35.3 Å². The van der Waals surface area contributed by atoms with Gasteiger partial charge in [-0.05, 0) is 30.7 Å². The number of nitrogens with one attached hydrogen (secondary N) is 1. The third-order valence-corrected chi connectivity index (χ3v) is 3.64. The number of sulfonamides is 1. The zero-order valence-corrected chi connectivity index (χ0v) is 10.7. The molecule has 1 aromatic heterocycles. The smallest absolute Gasteiger partial charge is 0.280 e. The summed E-state index contributed by atoms with van der Waals surface area (Å²) in [6.07, 6.45) is 2.78. The second kappa shape index (κ2) is 4.41. The van der Waals surface area contributed by atoms with E-state index in [4.69, 9.17) is 0 Å². The molecule has 0 atom stereocenters. The molecule has 0 amide bonds. The maximum atomic E-state index is 12.9. The molecule has 0 bridgehead atoms. The maximum absolute atomic E-state index is 12.9. The molecule has 96 valence electrons. The summed E-state index contributed by atoms with van der Waals surface area (Å²) in [5, 5.41) is -0.0753. The topological polar surface area (TPSA) is 64.0 Å².